The zero-order valence-corrected chi connectivity index (χ0v) is 12.0. The number of hydrogen-bond donors (Lipinski definition) is 0. The summed E-state index contributed by atoms with van der Waals surface area (Å²) >= 11 is 1.77. The third-order valence-corrected chi connectivity index (χ3v) is 4.97. The van der Waals surface area contributed by atoms with Crippen molar-refractivity contribution in [1.29, 1.82) is 0 Å². The Morgan fingerprint density at radius 1 is 1.53 bits per heavy atom. The van der Waals surface area contributed by atoms with Crippen LogP contribution in [0.25, 0.3) is 0 Å². The van der Waals surface area contributed by atoms with Gasteiger partial charge in [-0.1, -0.05) is 0 Å². The number of hydrogen-bond acceptors (Lipinski definition) is 5. The topological polar surface area (TPSA) is 48.4 Å². The maximum atomic E-state index is 11.9. The summed E-state index contributed by atoms with van der Waals surface area (Å²) in [6.07, 6.45) is 3.95. The van der Waals surface area contributed by atoms with Gasteiger partial charge in [0.25, 0.3) is 0 Å². The third-order valence-electron chi connectivity index (χ3n) is 3.82. The van der Waals surface area contributed by atoms with Gasteiger partial charge in [0, 0.05) is 24.5 Å². The normalized spacial score (nSPS) is 25.5. The fourth-order valence-corrected chi connectivity index (χ4v) is 4.09. The zero-order valence-electron chi connectivity index (χ0n) is 11.2. The SMILES string of the molecule is CCOC(=O)C1CCc2sc(CC3CCOC3)nc21. The number of rotatable bonds is 4. The lowest BCUT2D eigenvalue weighted by molar-refractivity contribution is -0.145. The summed E-state index contributed by atoms with van der Waals surface area (Å²) in [7, 11) is 0. The molecule has 0 spiro atoms. The van der Waals surface area contributed by atoms with Crippen LogP contribution < -0.4 is 0 Å². The molecule has 0 N–H and O–H groups in total. The molecule has 2 unspecified atom stereocenters. The largest absolute Gasteiger partial charge is 0.465 e. The van der Waals surface area contributed by atoms with E-state index in [0.717, 1.165) is 49.6 Å². The standard InChI is InChI=1S/C14H19NO3S/c1-2-18-14(16)10-3-4-11-13(10)15-12(19-11)7-9-5-6-17-8-9/h9-10H,2-8H2,1H3. The van der Waals surface area contributed by atoms with E-state index in [-0.39, 0.29) is 11.9 Å². The first-order valence-corrected chi connectivity index (χ1v) is 7.82. The van der Waals surface area contributed by atoms with Gasteiger partial charge in [-0.25, -0.2) is 4.98 Å². The number of nitrogens with zero attached hydrogens (tertiary/aromatic N) is 1. The van der Waals surface area contributed by atoms with Crippen molar-refractivity contribution in [2.24, 2.45) is 5.92 Å². The second-order valence-corrected chi connectivity index (χ2v) is 6.36. The maximum absolute atomic E-state index is 11.9. The minimum absolute atomic E-state index is 0.109. The smallest absolute Gasteiger partial charge is 0.315 e. The molecule has 0 aromatic carbocycles. The number of thiazole rings is 1. The predicted molar refractivity (Wildman–Crippen MR) is 72.4 cm³/mol. The van der Waals surface area contributed by atoms with Gasteiger partial charge in [-0.2, -0.15) is 0 Å². The summed E-state index contributed by atoms with van der Waals surface area (Å²) in [5.41, 5.74) is 0.984. The van der Waals surface area contributed by atoms with Gasteiger partial charge in [0.05, 0.1) is 17.3 Å². The number of aromatic nitrogens is 1. The molecule has 0 radical (unpaired) electrons. The zero-order chi connectivity index (χ0) is 13.2. The molecule has 1 saturated heterocycles. The van der Waals surface area contributed by atoms with E-state index in [1.807, 2.05) is 6.92 Å². The van der Waals surface area contributed by atoms with Gasteiger partial charge in [-0.15, -0.1) is 11.3 Å². The minimum Gasteiger partial charge on any atom is -0.465 e. The summed E-state index contributed by atoms with van der Waals surface area (Å²) in [6, 6.07) is 0. The van der Waals surface area contributed by atoms with Gasteiger partial charge >= 0.3 is 5.97 Å². The Morgan fingerprint density at radius 2 is 2.42 bits per heavy atom. The Balaban J connectivity index is 1.70. The highest BCUT2D eigenvalue weighted by atomic mass is 32.1. The Morgan fingerprint density at radius 3 is 3.16 bits per heavy atom. The van der Waals surface area contributed by atoms with Crippen LogP contribution in [0.15, 0.2) is 0 Å². The number of carbonyl (C=O) groups excluding carboxylic acids is 1. The number of esters is 1. The van der Waals surface area contributed by atoms with Crippen molar-refractivity contribution in [2.75, 3.05) is 19.8 Å². The lowest BCUT2D eigenvalue weighted by Gasteiger charge is -2.08. The highest BCUT2D eigenvalue weighted by Gasteiger charge is 2.33. The molecule has 1 aromatic heterocycles. The highest BCUT2D eigenvalue weighted by Crippen LogP contribution is 2.38. The van der Waals surface area contributed by atoms with Crippen LogP contribution in [0.5, 0.6) is 0 Å². The van der Waals surface area contributed by atoms with Gasteiger partial charge in [0.15, 0.2) is 0 Å². The van der Waals surface area contributed by atoms with Crippen molar-refractivity contribution < 1.29 is 14.3 Å². The maximum Gasteiger partial charge on any atom is 0.315 e. The summed E-state index contributed by atoms with van der Waals surface area (Å²) < 4.78 is 10.5. The number of aryl methyl sites for hydroxylation is 1. The molecule has 4 nitrogen and oxygen atoms in total. The Hall–Kier alpha value is -0.940. The molecule has 3 rings (SSSR count). The molecule has 104 valence electrons. The summed E-state index contributed by atoms with van der Waals surface area (Å²) in [5.74, 6) is 0.370. The summed E-state index contributed by atoms with van der Waals surface area (Å²) in [5, 5.41) is 1.16. The van der Waals surface area contributed by atoms with E-state index < -0.39 is 0 Å². The van der Waals surface area contributed by atoms with Crippen LogP contribution in [-0.2, 0) is 27.1 Å². The Bertz CT molecular complexity index is 465. The molecule has 1 aliphatic carbocycles. The first kappa shape index (κ1) is 13.1. The van der Waals surface area contributed by atoms with Gasteiger partial charge in [-0.05, 0) is 32.1 Å². The average Bonchev–Trinajstić information content (AvgIpc) is 3.05. The van der Waals surface area contributed by atoms with Crippen LogP contribution in [0.3, 0.4) is 0 Å². The molecule has 0 bridgehead atoms. The number of ether oxygens (including phenoxy) is 2. The fourth-order valence-electron chi connectivity index (χ4n) is 2.83. The quantitative estimate of drug-likeness (QED) is 0.795. The number of fused-ring (bicyclic) bond motifs is 1. The number of carbonyl (C=O) groups is 1. The van der Waals surface area contributed by atoms with Crippen LogP contribution in [0, 0.1) is 5.92 Å². The van der Waals surface area contributed by atoms with E-state index in [2.05, 4.69) is 0 Å². The molecule has 19 heavy (non-hydrogen) atoms. The summed E-state index contributed by atoms with van der Waals surface area (Å²) in [4.78, 5) is 17.9. The fraction of sp³-hybridized carbons (Fsp3) is 0.714. The van der Waals surface area contributed by atoms with E-state index in [0.29, 0.717) is 12.5 Å². The second kappa shape index (κ2) is 5.59. The third kappa shape index (κ3) is 2.67. The van der Waals surface area contributed by atoms with E-state index in [4.69, 9.17) is 14.5 Å². The molecular weight excluding hydrogens is 262 g/mol. The van der Waals surface area contributed by atoms with Crippen LogP contribution in [0.4, 0.5) is 0 Å². The van der Waals surface area contributed by atoms with E-state index in [1.54, 1.807) is 11.3 Å². The average molecular weight is 281 g/mol. The summed E-state index contributed by atoms with van der Waals surface area (Å²) in [6.45, 7) is 4.02. The molecular formula is C14H19NO3S. The molecule has 2 heterocycles. The van der Waals surface area contributed by atoms with Crippen molar-refractivity contribution in [1.82, 2.24) is 4.98 Å². The van der Waals surface area contributed by atoms with E-state index in [9.17, 15) is 4.79 Å². The lowest BCUT2D eigenvalue weighted by Crippen LogP contribution is -2.14. The van der Waals surface area contributed by atoms with Gasteiger partial charge in [0.1, 0.15) is 5.92 Å². The Labute approximate surface area is 117 Å². The Kier molecular flexibility index (Phi) is 3.84. The monoisotopic (exact) mass is 281 g/mol. The molecule has 0 amide bonds. The van der Waals surface area contributed by atoms with Crippen LogP contribution in [0.1, 0.15) is 41.3 Å². The van der Waals surface area contributed by atoms with Crippen molar-refractivity contribution in [2.45, 2.75) is 38.5 Å². The second-order valence-electron chi connectivity index (χ2n) is 5.19. The van der Waals surface area contributed by atoms with Crippen LogP contribution in [0.2, 0.25) is 0 Å². The first-order chi connectivity index (χ1) is 9.28. The molecule has 0 saturated carbocycles. The molecule has 1 fully saturated rings. The molecule has 2 atom stereocenters. The molecule has 5 heteroatoms. The molecule has 1 aromatic rings. The van der Waals surface area contributed by atoms with Crippen molar-refractivity contribution >= 4 is 17.3 Å². The molecule has 2 aliphatic rings. The van der Waals surface area contributed by atoms with Crippen molar-refractivity contribution in [3.63, 3.8) is 0 Å². The van der Waals surface area contributed by atoms with Gasteiger partial charge in [0.2, 0.25) is 0 Å². The predicted octanol–water partition coefficient (Wildman–Crippen LogP) is 2.32. The van der Waals surface area contributed by atoms with Crippen molar-refractivity contribution in [3.8, 4) is 0 Å². The minimum atomic E-state index is -0.125. The highest BCUT2D eigenvalue weighted by molar-refractivity contribution is 7.11. The van der Waals surface area contributed by atoms with Gasteiger partial charge in [-0.3, -0.25) is 4.79 Å². The van der Waals surface area contributed by atoms with Crippen molar-refractivity contribution in [3.05, 3.63) is 15.6 Å². The molecule has 1 aliphatic heterocycles. The first-order valence-electron chi connectivity index (χ1n) is 7.00. The van der Waals surface area contributed by atoms with Crippen LogP contribution in [-0.4, -0.2) is 30.8 Å². The van der Waals surface area contributed by atoms with Crippen LogP contribution >= 0.6 is 11.3 Å². The van der Waals surface area contributed by atoms with E-state index >= 15 is 0 Å². The van der Waals surface area contributed by atoms with E-state index in [1.165, 1.54) is 4.88 Å². The lowest BCUT2D eigenvalue weighted by atomic mass is 10.1. The van der Waals surface area contributed by atoms with Gasteiger partial charge < -0.3 is 9.47 Å².